The van der Waals surface area contributed by atoms with Gasteiger partial charge in [-0.1, -0.05) is 32.9 Å². The Morgan fingerprint density at radius 3 is 2.16 bits per heavy atom. The lowest BCUT2D eigenvalue weighted by molar-refractivity contribution is 0.452. The van der Waals surface area contributed by atoms with Crippen molar-refractivity contribution in [3.05, 3.63) is 48.2 Å². The van der Waals surface area contributed by atoms with Crippen molar-refractivity contribution in [1.29, 1.82) is 0 Å². The van der Waals surface area contributed by atoms with Gasteiger partial charge in [0.05, 0.1) is 6.26 Å². The van der Waals surface area contributed by atoms with E-state index in [2.05, 4.69) is 25.5 Å². The van der Waals surface area contributed by atoms with E-state index in [1.54, 1.807) is 12.1 Å². The van der Waals surface area contributed by atoms with Gasteiger partial charge < -0.3 is 4.42 Å². The molecule has 102 valence electrons. The van der Waals surface area contributed by atoms with Crippen LogP contribution in [0.5, 0.6) is 0 Å². The van der Waals surface area contributed by atoms with E-state index < -0.39 is 10.0 Å². The van der Waals surface area contributed by atoms with Crippen molar-refractivity contribution in [1.82, 2.24) is 0 Å². The zero-order chi connectivity index (χ0) is 14.1. The molecule has 2 rings (SSSR count). The quantitative estimate of drug-likeness (QED) is 0.937. The van der Waals surface area contributed by atoms with Crippen LogP contribution in [0.25, 0.3) is 0 Å². The molecule has 0 unspecified atom stereocenters. The van der Waals surface area contributed by atoms with Crippen LogP contribution >= 0.6 is 0 Å². The van der Waals surface area contributed by atoms with E-state index in [1.165, 1.54) is 18.4 Å². The minimum atomic E-state index is -3.63. The van der Waals surface area contributed by atoms with Crippen molar-refractivity contribution in [2.45, 2.75) is 31.3 Å². The first kappa shape index (κ1) is 13.7. The number of nitrogens with one attached hydrogen (secondary N) is 1. The van der Waals surface area contributed by atoms with E-state index in [9.17, 15) is 8.42 Å². The Morgan fingerprint density at radius 2 is 1.68 bits per heavy atom. The molecule has 0 aliphatic carbocycles. The number of benzene rings is 1. The van der Waals surface area contributed by atoms with Crippen LogP contribution in [0.15, 0.2) is 52.2 Å². The fraction of sp³-hybridized carbons (Fsp3) is 0.286. The van der Waals surface area contributed by atoms with E-state index in [-0.39, 0.29) is 10.5 Å². The summed E-state index contributed by atoms with van der Waals surface area (Å²) in [5.74, 6) is 0. The monoisotopic (exact) mass is 279 g/mol. The normalized spacial score (nSPS) is 12.4. The molecule has 4 nitrogen and oxygen atoms in total. The molecule has 0 saturated carbocycles. The van der Waals surface area contributed by atoms with Crippen molar-refractivity contribution in [2.75, 3.05) is 4.72 Å². The third kappa shape index (κ3) is 3.17. The number of sulfonamides is 1. The summed E-state index contributed by atoms with van der Waals surface area (Å²) in [6.45, 7) is 6.32. The molecule has 1 heterocycles. The van der Waals surface area contributed by atoms with Crippen LogP contribution in [-0.4, -0.2) is 8.42 Å². The Kier molecular flexibility index (Phi) is 3.41. The van der Waals surface area contributed by atoms with Gasteiger partial charge in [-0.05, 0) is 35.2 Å². The van der Waals surface area contributed by atoms with Crippen molar-refractivity contribution >= 4 is 15.7 Å². The second-order valence-electron chi connectivity index (χ2n) is 5.36. The average molecular weight is 279 g/mol. The van der Waals surface area contributed by atoms with Gasteiger partial charge in [-0.15, -0.1) is 0 Å². The fourth-order valence-corrected chi connectivity index (χ4v) is 2.65. The van der Waals surface area contributed by atoms with Crippen LogP contribution in [-0.2, 0) is 15.4 Å². The van der Waals surface area contributed by atoms with Gasteiger partial charge in [-0.25, -0.2) is 0 Å². The number of rotatable bonds is 3. The molecule has 1 aromatic carbocycles. The van der Waals surface area contributed by atoms with Crippen LogP contribution in [0.2, 0.25) is 0 Å². The second-order valence-corrected chi connectivity index (χ2v) is 6.98. The molecule has 0 aliphatic rings. The highest BCUT2D eigenvalue weighted by Gasteiger charge is 2.18. The van der Waals surface area contributed by atoms with Crippen LogP contribution in [0.3, 0.4) is 0 Å². The second kappa shape index (κ2) is 4.74. The summed E-state index contributed by atoms with van der Waals surface area (Å²) in [6, 6.07) is 10.3. The third-order valence-electron chi connectivity index (χ3n) is 2.76. The summed E-state index contributed by atoms with van der Waals surface area (Å²) >= 11 is 0. The molecule has 1 aromatic heterocycles. The molecule has 0 atom stereocenters. The average Bonchev–Trinajstić information content (AvgIpc) is 2.82. The first-order valence-electron chi connectivity index (χ1n) is 5.96. The molecule has 0 amide bonds. The predicted molar refractivity (Wildman–Crippen MR) is 74.7 cm³/mol. The van der Waals surface area contributed by atoms with Crippen molar-refractivity contribution in [2.24, 2.45) is 0 Å². The van der Waals surface area contributed by atoms with Crippen molar-refractivity contribution < 1.29 is 12.8 Å². The molecule has 0 spiro atoms. The number of hydrogen-bond donors (Lipinski definition) is 1. The molecule has 19 heavy (non-hydrogen) atoms. The summed E-state index contributed by atoms with van der Waals surface area (Å²) in [4.78, 5) is 0. The van der Waals surface area contributed by atoms with Crippen LogP contribution in [0.4, 0.5) is 5.69 Å². The molecule has 0 aliphatic heterocycles. The van der Waals surface area contributed by atoms with E-state index >= 15 is 0 Å². The maximum Gasteiger partial charge on any atom is 0.295 e. The highest BCUT2D eigenvalue weighted by molar-refractivity contribution is 7.92. The summed E-state index contributed by atoms with van der Waals surface area (Å²) < 4.78 is 31.3. The Morgan fingerprint density at radius 1 is 1.05 bits per heavy atom. The van der Waals surface area contributed by atoms with Gasteiger partial charge in [-0.3, -0.25) is 4.72 Å². The molecule has 0 saturated heterocycles. The Hall–Kier alpha value is -1.75. The lowest BCUT2D eigenvalue weighted by atomic mass is 9.87. The summed E-state index contributed by atoms with van der Waals surface area (Å²) in [7, 11) is -3.63. The van der Waals surface area contributed by atoms with Gasteiger partial charge in [0.2, 0.25) is 5.09 Å². The molecular formula is C14H17NO3S. The Balaban J connectivity index is 2.21. The number of furan rings is 1. The van der Waals surface area contributed by atoms with Gasteiger partial charge in [0.1, 0.15) is 0 Å². The van der Waals surface area contributed by atoms with E-state index in [4.69, 9.17) is 4.42 Å². The van der Waals surface area contributed by atoms with Crippen molar-refractivity contribution in [3.63, 3.8) is 0 Å². The maximum atomic E-state index is 11.9. The molecule has 0 radical (unpaired) electrons. The molecule has 0 fully saturated rings. The highest BCUT2D eigenvalue weighted by Crippen LogP contribution is 2.24. The zero-order valence-corrected chi connectivity index (χ0v) is 12.0. The van der Waals surface area contributed by atoms with Crippen LogP contribution < -0.4 is 4.72 Å². The fourth-order valence-electron chi connectivity index (χ4n) is 1.66. The Bertz CT molecular complexity index is 635. The van der Waals surface area contributed by atoms with E-state index in [1.807, 2.05) is 12.1 Å². The van der Waals surface area contributed by atoms with Crippen molar-refractivity contribution in [3.8, 4) is 0 Å². The number of hydrogen-bond acceptors (Lipinski definition) is 3. The van der Waals surface area contributed by atoms with Gasteiger partial charge in [-0.2, -0.15) is 8.42 Å². The van der Waals surface area contributed by atoms with Gasteiger partial charge in [0.15, 0.2) is 0 Å². The van der Waals surface area contributed by atoms with E-state index in [0.29, 0.717) is 5.69 Å². The summed E-state index contributed by atoms with van der Waals surface area (Å²) in [6.07, 6.45) is 1.33. The van der Waals surface area contributed by atoms with Crippen LogP contribution in [0.1, 0.15) is 26.3 Å². The molecule has 1 N–H and O–H groups in total. The van der Waals surface area contributed by atoms with Gasteiger partial charge in [0.25, 0.3) is 10.0 Å². The van der Waals surface area contributed by atoms with Gasteiger partial charge >= 0.3 is 0 Å². The smallest absolute Gasteiger partial charge is 0.295 e. The minimum Gasteiger partial charge on any atom is -0.451 e. The third-order valence-corrected chi connectivity index (χ3v) is 4.03. The summed E-state index contributed by atoms with van der Waals surface area (Å²) in [5.41, 5.74) is 1.70. The SMILES string of the molecule is CC(C)(C)c1ccc(NS(=O)(=O)c2ccco2)cc1. The van der Waals surface area contributed by atoms with E-state index in [0.717, 1.165) is 5.56 Å². The molecular weight excluding hydrogens is 262 g/mol. The van der Waals surface area contributed by atoms with Crippen LogP contribution in [0, 0.1) is 0 Å². The van der Waals surface area contributed by atoms with Gasteiger partial charge in [0, 0.05) is 5.69 Å². The molecule has 2 aromatic rings. The lowest BCUT2D eigenvalue weighted by Crippen LogP contribution is -2.13. The first-order chi connectivity index (χ1) is 8.79. The standard InChI is InChI=1S/C14H17NO3S/c1-14(2,3)11-6-8-12(9-7-11)15-19(16,17)13-5-4-10-18-13/h4-10,15H,1-3H3. The topological polar surface area (TPSA) is 59.3 Å². The highest BCUT2D eigenvalue weighted by atomic mass is 32.2. The number of anilines is 1. The first-order valence-corrected chi connectivity index (χ1v) is 7.44. The predicted octanol–water partition coefficient (Wildman–Crippen LogP) is 3.38. The molecule has 0 bridgehead atoms. The minimum absolute atomic E-state index is 0.0401. The summed E-state index contributed by atoms with van der Waals surface area (Å²) in [5, 5.41) is -0.0904. The Labute approximate surface area is 113 Å². The largest absolute Gasteiger partial charge is 0.451 e. The zero-order valence-electron chi connectivity index (χ0n) is 11.2. The lowest BCUT2D eigenvalue weighted by Gasteiger charge is -2.19. The molecule has 5 heteroatoms. The maximum absolute atomic E-state index is 11.9.